The summed E-state index contributed by atoms with van der Waals surface area (Å²) >= 11 is 5.98. The Balaban J connectivity index is 1.63. The van der Waals surface area contributed by atoms with Crippen molar-refractivity contribution in [1.29, 1.82) is 0 Å². The standard InChI is InChI=1S/C21H15ClN2O3/c22-16-10-8-15(9-11-16)18-19-17(7-4-12-23-19)27-20(18)21(25)24-26-13-14-5-2-1-3-6-14/h1-12H,13H2,(H,24,25). The minimum atomic E-state index is -0.478. The molecule has 2 heterocycles. The van der Waals surface area contributed by atoms with Gasteiger partial charge in [0.25, 0.3) is 0 Å². The SMILES string of the molecule is O=C(NOCc1ccccc1)c1oc2cccnc2c1-c1ccc(Cl)cc1. The number of nitrogens with zero attached hydrogens (tertiary/aromatic N) is 1. The molecule has 0 atom stereocenters. The normalized spacial score (nSPS) is 10.9. The van der Waals surface area contributed by atoms with E-state index in [1.807, 2.05) is 42.5 Å². The number of aromatic nitrogens is 1. The van der Waals surface area contributed by atoms with Gasteiger partial charge < -0.3 is 4.42 Å². The molecule has 0 aliphatic heterocycles. The molecule has 4 aromatic rings. The highest BCUT2D eigenvalue weighted by Crippen LogP contribution is 2.34. The van der Waals surface area contributed by atoms with E-state index in [2.05, 4.69) is 10.5 Å². The Hall–Kier alpha value is -3.15. The van der Waals surface area contributed by atoms with Crippen LogP contribution in [0.2, 0.25) is 5.02 Å². The fourth-order valence-electron chi connectivity index (χ4n) is 2.78. The Morgan fingerprint density at radius 2 is 1.81 bits per heavy atom. The van der Waals surface area contributed by atoms with Crippen LogP contribution in [0, 0.1) is 0 Å². The Bertz CT molecular complexity index is 1080. The van der Waals surface area contributed by atoms with Crippen LogP contribution < -0.4 is 5.48 Å². The lowest BCUT2D eigenvalue weighted by molar-refractivity contribution is 0.0214. The predicted octanol–water partition coefficient (Wildman–Crippen LogP) is 5.01. The predicted molar refractivity (Wildman–Crippen MR) is 103 cm³/mol. The molecular formula is C21H15ClN2O3. The van der Waals surface area contributed by atoms with Gasteiger partial charge in [-0.25, -0.2) is 5.48 Å². The smallest absolute Gasteiger partial charge is 0.311 e. The second-order valence-electron chi connectivity index (χ2n) is 5.87. The van der Waals surface area contributed by atoms with Gasteiger partial charge in [0.05, 0.1) is 12.2 Å². The Morgan fingerprint density at radius 3 is 2.59 bits per heavy atom. The molecule has 0 saturated carbocycles. The summed E-state index contributed by atoms with van der Waals surface area (Å²) in [6.07, 6.45) is 1.66. The second kappa shape index (κ2) is 7.61. The average Bonchev–Trinajstić information content (AvgIpc) is 3.09. The third-order valence-electron chi connectivity index (χ3n) is 4.03. The molecule has 2 aromatic heterocycles. The van der Waals surface area contributed by atoms with Gasteiger partial charge >= 0.3 is 5.91 Å². The van der Waals surface area contributed by atoms with Gasteiger partial charge in [0.15, 0.2) is 5.58 Å². The van der Waals surface area contributed by atoms with Gasteiger partial charge in [-0.15, -0.1) is 0 Å². The summed E-state index contributed by atoms with van der Waals surface area (Å²) in [5, 5.41) is 0.608. The molecule has 0 bridgehead atoms. The molecule has 6 heteroatoms. The van der Waals surface area contributed by atoms with E-state index >= 15 is 0 Å². The molecule has 0 spiro atoms. The maximum Gasteiger partial charge on any atom is 0.311 e. The van der Waals surface area contributed by atoms with Crippen LogP contribution in [-0.2, 0) is 11.4 Å². The topological polar surface area (TPSA) is 64.4 Å². The molecule has 0 aliphatic rings. The number of fused-ring (bicyclic) bond motifs is 1. The van der Waals surface area contributed by atoms with Crippen molar-refractivity contribution in [3.8, 4) is 11.1 Å². The third-order valence-corrected chi connectivity index (χ3v) is 4.28. The lowest BCUT2D eigenvalue weighted by Gasteiger charge is -2.06. The highest BCUT2D eigenvalue weighted by Gasteiger charge is 2.23. The van der Waals surface area contributed by atoms with E-state index in [4.69, 9.17) is 20.9 Å². The molecule has 1 amide bonds. The molecular weight excluding hydrogens is 364 g/mol. The molecule has 0 fully saturated rings. The molecule has 0 saturated heterocycles. The number of hydroxylamine groups is 1. The average molecular weight is 379 g/mol. The quantitative estimate of drug-likeness (QED) is 0.496. The van der Waals surface area contributed by atoms with Crippen molar-refractivity contribution in [2.75, 3.05) is 0 Å². The number of nitrogens with one attached hydrogen (secondary N) is 1. The van der Waals surface area contributed by atoms with E-state index in [1.54, 1.807) is 30.5 Å². The van der Waals surface area contributed by atoms with Gasteiger partial charge in [-0.3, -0.25) is 14.6 Å². The third kappa shape index (κ3) is 3.69. The van der Waals surface area contributed by atoms with Gasteiger partial charge in [0, 0.05) is 11.2 Å². The lowest BCUT2D eigenvalue weighted by atomic mass is 10.0. The summed E-state index contributed by atoms with van der Waals surface area (Å²) in [6, 6.07) is 20.2. The number of furan rings is 1. The molecule has 27 heavy (non-hydrogen) atoms. The zero-order valence-electron chi connectivity index (χ0n) is 14.2. The molecule has 134 valence electrons. The number of amides is 1. The molecule has 0 unspecified atom stereocenters. The zero-order valence-corrected chi connectivity index (χ0v) is 14.9. The number of hydrogen-bond acceptors (Lipinski definition) is 4. The van der Waals surface area contributed by atoms with Crippen LogP contribution in [0.5, 0.6) is 0 Å². The number of carbonyl (C=O) groups excluding carboxylic acids is 1. The summed E-state index contributed by atoms with van der Waals surface area (Å²) in [7, 11) is 0. The Kier molecular flexibility index (Phi) is 4.87. The van der Waals surface area contributed by atoms with Gasteiger partial charge in [-0.1, -0.05) is 54.1 Å². The lowest BCUT2D eigenvalue weighted by Crippen LogP contribution is -2.23. The van der Waals surface area contributed by atoms with Crippen LogP contribution in [0.25, 0.3) is 22.2 Å². The number of halogens is 1. The van der Waals surface area contributed by atoms with Gasteiger partial charge in [0.1, 0.15) is 5.52 Å². The Labute approximate surface area is 160 Å². The van der Waals surface area contributed by atoms with E-state index in [0.717, 1.165) is 11.1 Å². The fraction of sp³-hybridized carbons (Fsp3) is 0.0476. The van der Waals surface area contributed by atoms with Crippen LogP contribution in [0.15, 0.2) is 77.3 Å². The number of rotatable bonds is 5. The first-order chi connectivity index (χ1) is 13.2. The van der Waals surface area contributed by atoms with Crippen molar-refractivity contribution in [3.63, 3.8) is 0 Å². The summed E-state index contributed by atoms with van der Waals surface area (Å²) in [4.78, 5) is 22.4. The number of hydrogen-bond donors (Lipinski definition) is 1. The molecule has 4 rings (SSSR count). The minimum Gasteiger partial charge on any atom is -0.448 e. The van der Waals surface area contributed by atoms with E-state index in [0.29, 0.717) is 21.7 Å². The first kappa shape index (κ1) is 17.3. The summed E-state index contributed by atoms with van der Waals surface area (Å²) in [5.74, 6) is -0.340. The monoisotopic (exact) mass is 378 g/mol. The van der Waals surface area contributed by atoms with Crippen LogP contribution in [0.3, 0.4) is 0 Å². The second-order valence-corrected chi connectivity index (χ2v) is 6.31. The minimum absolute atomic E-state index is 0.138. The highest BCUT2D eigenvalue weighted by atomic mass is 35.5. The maximum absolute atomic E-state index is 12.7. The van der Waals surface area contributed by atoms with Crippen molar-refractivity contribution < 1.29 is 14.0 Å². The maximum atomic E-state index is 12.7. The van der Waals surface area contributed by atoms with Crippen molar-refractivity contribution >= 4 is 28.6 Å². The van der Waals surface area contributed by atoms with Crippen LogP contribution in [0.4, 0.5) is 0 Å². The molecule has 1 N–H and O–H groups in total. The largest absolute Gasteiger partial charge is 0.448 e. The molecule has 0 aliphatic carbocycles. The van der Waals surface area contributed by atoms with E-state index in [-0.39, 0.29) is 12.4 Å². The molecule has 2 aromatic carbocycles. The first-order valence-corrected chi connectivity index (χ1v) is 8.69. The summed E-state index contributed by atoms with van der Waals surface area (Å²) < 4.78 is 5.76. The van der Waals surface area contributed by atoms with Gasteiger partial charge in [-0.2, -0.15) is 0 Å². The molecule has 5 nitrogen and oxygen atoms in total. The number of benzene rings is 2. The highest BCUT2D eigenvalue weighted by molar-refractivity contribution is 6.30. The summed E-state index contributed by atoms with van der Waals surface area (Å²) in [6.45, 7) is 0.251. The van der Waals surface area contributed by atoms with E-state index in [9.17, 15) is 4.79 Å². The first-order valence-electron chi connectivity index (χ1n) is 8.32. The van der Waals surface area contributed by atoms with E-state index in [1.165, 1.54) is 0 Å². The number of pyridine rings is 1. The van der Waals surface area contributed by atoms with Gasteiger partial charge in [-0.05, 0) is 35.4 Å². The van der Waals surface area contributed by atoms with Gasteiger partial charge in [0.2, 0.25) is 5.76 Å². The van der Waals surface area contributed by atoms with Crippen molar-refractivity contribution in [3.05, 3.63) is 89.3 Å². The van der Waals surface area contributed by atoms with Crippen LogP contribution >= 0.6 is 11.6 Å². The number of carbonyl (C=O) groups is 1. The van der Waals surface area contributed by atoms with E-state index < -0.39 is 5.91 Å². The summed E-state index contributed by atoms with van der Waals surface area (Å²) in [5.41, 5.74) is 5.90. The van der Waals surface area contributed by atoms with Crippen molar-refractivity contribution in [1.82, 2.24) is 10.5 Å². The zero-order chi connectivity index (χ0) is 18.6. The van der Waals surface area contributed by atoms with Crippen LogP contribution in [-0.4, -0.2) is 10.9 Å². The van der Waals surface area contributed by atoms with Crippen LogP contribution in [0.1, 0.15) is 16.1 Å². The van der Waals surface area contributed by atoms with Crippen molar-refractivity contribution in [2.24, 2.45) is 0 Å². The fourth-order valence-corrected chi connectivity index (χ4v) is 2.90. The molecule has 0 radical (unpaired) electrons. The van der Waals surface area contributed by atoms with Crippen molar-refractivity contribution in [2.45, 2.75) is 6.61 Å². The Morgan fingerprint density at radius 1 is 1.04 bits per heavy atom.